The lowest BCUT2D eigenvalue weighted by atomic mass is 10.1. The second-order valence-corrected chi connectivity index (χ2v) is 4.78. The molecule has 0 saturated heterocycles. The fraction of sp³-hybridized carbons (Fsp3) is 0.154. The van der Waals surface area contributed by atoms with Crippen LogP contribution in [0.3, 0.4) is 0 Å². The van der Waals surface area contributed by atoms with Crippen molar-refractivity contribution in [3.05, 3.63) is 47.3 Å². The molecule has 3 N–H and O–H groups in total. The Morgan fingerprint density at radius 3 is 2.95 bits per heavy atom. The highest BCUT2D eigenvalue weighted by atomic mass is 35.5. The lowest BCUT2D eigenvalue weighted by molar-refractivity contribution is 0.276. The number of aromatic nitrogens is 4. The van der Waals surface area contributed by atoms with Crippen LogP contribution in [0.4, 0.5) is 10.2 Å². The quantitative estimate of drug-likeness (QED) is 0.688. The molecule has 1 aromatic carbocycles. The minimum Gasteiger partial charge on any atom is -0.394 e. The molecule has 0 fully saturated rings. The Morgan fingerprint density at radius 1 is 1.33 bits per heavy atom. The van der Waals surface area contributed by atoms with Gasteiger partial charge >= 0.3 is 0 Å². The van der Waals surface area contributed by atoms with Gasteiger partial charge in [0.25, 0.3) is 0 Å². The molecule has 0 spiro atoms. The maximum atomic E-state index is 13.5. The van der Waals surface area contributed by atoms with Crippen molar-refractivity contribution >= 4 is 28.6 Å². The van der Waals surface area contributed by atoms with Gasteiger partial charge in [0.2, 0.25) is 0 Å². The molecule has 1 atom stereocenters. The van der Waals surface area contributed by atoms with Crippen LogP contribution in [-0.4, -0.2) is 31.6 Å². The second-order valence-electron chi connectivity index (χ2n) is 4.38. The van der Waals surface area contributed by atoms with E-state index in [1.807, 2.05) is 0 Å². The minimum absolute atomic E-state index is 0.0356. The predicted molar refractivity (Wildman–Crippen MR) is 76.5 cm³/mol. The average Bonchev–Trinajstić information content (AvgIpc) is 2.97. The van der Waals surface area contributed by atoms with Gasteiger partial charge in [-0.1, -0.05) is 17.7 Å². The first kappa shape index (κ1) is 13.7. The fourth-order valence-electron chi connectivity index (χ4n) is 2.00. The van der Waals surface area contributed by atoms with E-state index in [1.165, 1.54) is 24.8 Å². The molecule has 0 radical (unpaired) electrons. The van der Waals surface area contributed by atoms with Crippen LogP contribution in [0.25, 0.3) is 11.2 Å². The van der Waals surface area contributed by atoms with Crippen LogP contribution in [0.15, 0.2) is 30.9 Å². The van der Waals surface area contributed by atoms with Crippen LogP contribution in [-0.2, 0) is 0 Å². The topological polar surface area (TPSA) is 86.7 Å². The standard InChI is InChI=1S/C13H11ClFN5O/c14-8-2-1-7(3-9(8)15)10(4-21)20-13-11-12(17-5-16-11)18-6-19-13/h1-3,5-6,10,21H,4H2,(H2,16,17,18,19,20). The molecule has 6 nitrogen and oxygen atoms in total. The van der Waals surface area contributed by atoms with Gasteiger partial charge in [-0.15, -0.1) is 0 Å². The zero-order chi connectivity index (χ0) is 14.8. The number of aliphatic hydroxyl groups is 1. The number of nitrogens with zero attached hydrogens (tertiary/aromatic N) is 3. The van der Waals surface area contributed by atoms with Crippen molar-refractivity contribution in [2.45, 2.75) is 6.04 Å². The summed E-state index contributed by atoms with van der Waals surface area (Å²) < 4.78 is 13.5. The first-order valence-electron chi connectivity index (χ1n) is 6.15. The molecule has 3 rings (SSSR count). The van der Waals surface area contributed by atoms with Crippen molar-refractivity contribution in [2.75, 3.05) is 11.9 Å². The Labute approximate surface area is 124 Å². The third-order valence-electron chi connectivity index (χ3n) is 3.06. The van der Waals surface area contributed by atoms with Crippen molar-refractivity contribution in [3.63, 3.8) is 0 Å². The second kappa shape index (κ2) is 5.63. The molecule has 2 aromatic heterocycles. The largest absolute Gasteiger partial charge is 0.394 e. The third-order valence-corrected chi connectivity index (χ3v) is 3.37. The van der Waals surface area contributed by atoms with Gasteiger partial charge in [-0.2, -0.15) is 0 Å². The summed E-state index contributed by atoms with van der Waals surface area (Å²) in [7, 11) is 0. The van der Waals surface area contributed by atoms with E-state index in [9.17, 15) is 9.50 Å². The van der Waals surface area contributed by atoms with Crippen LogP contribution in [0.1, 0.15) is 11.6 Å². The maximum Gasteiger partial charge on any atom is 0.182 e. The summed E-state index contributed by atoms with van der Waals surface area (Å²) in [6.07, 6.45) is 2.86. The molecule has 0 saturated carbocycles. The molecule has 0 amide bonds. The molecule has 0 aliphatic rings. The third kappa shape index (κ3) is 2.65. The van der Waals surface area contributed by atoms with Crippen LogP contribution >= 0.6 is 11.6 Å². The first-order valence-corrected chi connectivity index (χ1v) is 6.53. The normalized spacial score (nSPS) is 12.5. The summed E-state index contributed by atoms with van der Waals surface area (Å²) in [5, 5.41) is 12.6. The fourth-order valence-corrected chi connectivity index (χ4v) is 2.12. The van der Waals surface area contributed by atoms with Crippen LogP contribution in [0.5, 0.6) is 0 Å². The lowest BCUT2D eigenvalue weighted by Gasteiger charge is -2.17. The van der Waals surface area contributed by atoms with E-state index in [0.717, 1.165) is 0 Å². The first-order chi connectivity index (χ1) is 10.2. The Kier molecular flexibility index (Phi) is 3.68. The smallest absolute Gasteiger partial charge is 0.182 e. The summed E-state index contributed by atoms with van der Waals surface area (Å²) >= 11 is 5.66. The molecule has 21 heavy (non-hydrogen) atoms. The van der Waals surface area contributed by atoms with Gasteiger partial charge in [-0.3, -0.25) is 0 Å². The molecule has 0 aliphatic heterocycles. The number of halogens is 2. The summed E-state index contributed by atoms with van der Waals surface area (Å²) in [6.45, 7) is -0.235. The number of hydrogen-bond donors (Lipinski definition) is 3. The number of aromatic amines is 1. The molecular weight excluding hydrogens is 297 g/mol. The zero-order valence-electron chi connectivity index (χ0n) is 10.7. The highest BCUT2D eigenvalue weighted by Crippen LogP contribution is 2.24. The molecule has 1 unspecified atom stereocenters. The van der Waals surface area contributed by atoms with E-state index < -0.39 is 11.9 Å². The zero-order valence-corrected chi connectivity index (χ0v) is 11.5. The van der Waals surface area contributed by atoms with E-state index in [4.69, 9.17) is 11.6 Å². The number of rotatable bonds is 4. The highest BCUT2D eigenvalue weighted by Gasteiger charge is 2.15. The summed E-state index contributed by atoms with van der Waals surface area (Å²) in [5.74, 6) is -0.0595. The van der Waals surface area contributed by atoms with Gasteiger partial charge in [0.15, 0.2) is 11.5 Å². The van der Waals surface area contributed by atoms with Gasteiger partial charge < -0.3 is 15.4 Å². The minimum atomic E-state index is -0.538. The molecule has 0 aliphatic carbocycles. The number of anilines is 1. The van der Waals surface area contributed by atoms with Crippen molar-refractivity contribution in [1.82, 2.24) is 19.9 Å². The number of nitrogens with one attached hydrogen (secondary N) is 2. The van der Waals surface area contributed by atoms with Gasteiger partial charge in [0.05, 0.1) is 24.0 Å². The van der Waals surface area contributed by atoms with Gasteiger partial charge in [-0.25, -0.2) is 19.3 Å². The van der Waals surface area contributed by atoms with Crippen molar-refractivity contribution in [3.8, 4) is 0 Å². The van der Waals surface area contributed by atoms with E-state index >= 15 is 0 Å². The molecule has 8 heteroatoms. The number of imidazole rings is 1. The number of fused-ring (bicyclic) bond motifs is 1. The van der Waals surface area contributed by atoms with Crippen LogP contribution in [0, 0.1) is 5.82 Å². The number of hydrogen-bond acceptors (Lipinski definition) is 5. The SMILES string of the molecule is OCC(Nc1ncnc2nc[nH]c12)c1ccc(Cl)c(F)c1. The van der Waals surface area contributed by atoms with E-state index in [0.29, 0.717) is 22.5 Å². The highest BCUT2D eigenvalue weighted by molar-refractivity contribution is 6.30. The Balaban J connectivity index is 1.93. The molecule has 0 bridgehead atoms. The summed E-state index contributed by atoms with van der Waals surface area (Å²) in [4.78, 5) is 15.0. The average molecular weight is 308 g/mol. The van der Waals surface area contributed by atoms with Crippen LogP contribution in [0.2, 0.25) is 5.02 Å². The predicted octanol–water partition coefficient (Wildman–Crippen LogP) is 2.29. The molecule has 3 aromatic rings. The van der Waals surface area contributed by atoms with E-state index in [2.05, 4.69) is 25.3 Å². The van der Waals surface area contributed by atoms with Crippen LogP contribution < -0.4 is 5.32 Å². The Bertz CT molecular complexity index is 778. The van der Waals surface area contributed by atoms with Gasteiger partial charge in [0, 0.05) is 0 Å². The molecule has 2 heterocycles. The number of benzene rings is 1. The Morgan fingerprint density at radius 2 is 2.19 bits per heavy atom. The number of H-pyrrole nitrogens is 1. The monoisotopic (exact) mass is 307 g/mol. The summed E-state index contributed by atoms with van der Waals surface area (Å²) in [5.41, 5.74) is 1.68. The molecular formula is C13H11ClFN5O. The number of aliphatic hydroxyl groups excluding tert-OH is 1. The summed E-state index contributed by atoms with van der Waals surface area (Å²) in [6, 6.07) is 3.84. The molecule has 108 valence electrons. The van der Waals surface area contributed by atoms with Crippen molar-refractivity contribution in [1.29, 1.82) is 0 Å². The Hall–Kier alpha value is -2.25. The van der Waals surface area contributed by atoms with Crippen molar-refractivity contribution in [2.24, 2.45) is 0 Å². The van der Waals surface area contributed by atoms with E-state index in [-0.39, 0.29) is 11.6 Å². The van der Waals surface area contributed by atoms with E-state index in [1.54, 1.807) is 6.07 Å². The van der Waals surface area contributed by atoms with Gasteiger partial charge in [0.1, 0.15) is 17.7 Å². The van der Waals surface area contributed by atoms with Crippen molar-refractivity contribution < 1.29 is 9.50 Å². The lowest BCUT2D eigenvalue weighted by Crippen LogP contribution is -2.16. The van der Waals surface area contributed by atoms with Gasteiger partial charge in [-0.05, 0) is 17.7 Å². The maximum absolute atomic E-state index is 13.5.